The number of rotatable bonds is 4. The summed E-state index contributed by atoms with van der Waals surface area (Å²) in [5.74, 6) is 1.03. The Bertz CT molecular complexity index is 1220. The summed E-state index contributed by atoms with van der Waals surface area (Å²) in [5.41, 5.74) is 9.61. The molecule has 0 aliphatic carbocycles. The smallest absolute Gasteiger partial charge is 0.148 e. The third kappa shape index (κ3) is 3.80. The molecule has 3 aromatic heterocycles. The Balaban J connectivity index is 1.53. The zero-order chi connectivity index (χ0) is 21.4. The molecule has 1 aromatic carbocycles. The van der Waals surface area contributed by atoms with Gasteiger partial charge in [0.2, 0.25) is 0 Å². The zero-order valence-electron chi connectivity index (χ0n) is 16.7. The summed E-state index contributed by atoms with van der Waals surface area (Å²) in [4.78, 5) is 8.95. The van der Waals surface area contributed by atoms with Gasteiger partial charge in [0.25, 0.3) is 0 Å². The van der Waals surface area contributed by atoms with E-state index < -0.39 is 0 Å². The van der Waals surface area contributed by atoms with Gasteiger partial charge in [-0.25, -0.2) is 9.97 Å². The monoisotopic (exact) mass is 453 g/mol. The van der Waals surface area contributed by atoms with Crippen molar-refractivity contribution < 1.29 is 0 Å². The molecule has 3 N–H and O–H groups in total. The van der Waals surface area contributed by atoms with E-state index in [1.165, 1.54) is 0 Å². The van der Waals surface area contributed by atoms with E-state index in [9.17, 15) is 0 Å². The van der Waals surface area contributed by atoms with Crippen LogP contribution in [-0.4, -0.2) is 37.4 Å². The second kappa shape index (κ2) is 8.34. The SMILES string of the molecule is Nc1ncc(-c2cnn(C3CCNCC3)c2)cc1-c1nccn1-c1cccc(Cl)c1Cl. The summed E-state index contributed by atoms with van der Waals surface area (Å²) < 4.78 is 3.92. The number of anilines is 1. The van der Waals surface area contributed by atoms with E-state index in [4.69, 9.17) is 28.9 Å². The largest absolute Gasteiger partial charge is 0.383 e. The Morgan fingerprint density at radius 1 is 1.06 bits per heavy atom. The number of aromatic nitrogens is 5. The van der Waals surface area contributed by atoms with E-state index >= 15 is 0 Å². The number of nitrogen functional groups attached to an aromatic ring is 1. The average Bonchev–Trinajstić information content (AvgIpc) is 3.47. The van der Waals surface area contributed by atoms with Crippen molar-refractivity contribution in [3.63, 3.8) is 0 Å². The number of benzene rings is 1. The standard InChI is InChI=1S/C22H21Cl2N7/c23-18-2-1-3-19(20(18)24)30-9-8-27-22(30)17-10-14(11-28-21(17)25)15-12-29-31(13-15)16-4-6-26-7-5-16/h1-3,8-13,16,26H,4-7H2,(H2,25,28). The molecular weight excluding hydrogens is 433 g/mol. The number of halogens is 2. The van der Waals surface area contributed by atoms with Crippen LogP contribution in [0.3, 0.4) is 0 Å². The number of piperidine rings is 1. The molecule has 0 bridgehead atoms. The third-order valence-electron chi connectivity index (χ3n) is 5.61. The second-order valence-electron chi connectivity index (χ2n) is 7.54. The lowest BCUT2D eigenvalue weighted by Gasteiger charge is -2.22. The molecule has 9 heteroatoms. The van der Waals surface area contributed by atoms with Gasteiger partial charge in [-0.05, 0) is 44.1 Å². The number of imidazole rings is 1. The molecule has 7 nitrogen and oxygen atoms in total. The highest BCUT2D eigenvalue weighted by Gasteiger charge is 2.18. The lowest BCUT2D eigenvalue weighted by atomic mass is 10.1. The van der Waals surface area contributed by atoms with Gasteiger partial charge >= 0.3 is 0 Å². The van der Waals surface area contributed by atoms with Crippen LogP contribution in [0.5, 0.6) is 0 Å². The first-order valence-electron chi connectivity index (χ1n) is 10.1. The topological polar surface area (TPSA) is 86.6 Å². The van der Waals surface area contributed by atoms with E-state index in [2.05, 4.69) is 31.3 Å². The molecule has 0 unspecified atom stereocenters. The fraction of sp³-hybridized carbons (Fsp3) is 0.227. The minimum absolute atomic E-state index is 0.389. The van der Waals surface area contributed by atoms with E-state index in [0.29, 0.717) is 33.3 Å². The van der Waals surface area contributed by atoms with Gasteiger partial charge in [-0.1, -0.05) is 29.3 Å². The predicted octanol–water partition coefficient (Wildman–Crippen LogP) is 4.61. The van der Waals surface area contributed by atoms with E-state index in [1.54, 1.807) is 18.5 Å². The molecule has 0 saturated carbocycles. The molecular formula is C22H21Cl2N7. The van der Waals surface area contributed by atoms with Crippen molar-refractivity contribution in [2.45, 2.75) is 18.9 Å². The number of nitrogens with zero attached hydrogens (tertiary/aromatic N) is 5. The lowest BCUT2D eigenvalue weighted by Crippen LogP contribution is -2.29. The summed E-state index contributed by atoms with van der Waals surface area (Å²) in [6.07, 6.45) is 11.4. The highest BCUT2D eigenvalue weighted by atomic mass is 35.5. The minimum atomic E-state index is 0.389. The molecule has 5 rings (SSSR count). The van der Waals surface area contributed by atoms with Crippen LogP contribution in [0.1, 0.15) is 18.9 Å². The molecule has 1 saturated heterocycles. The highest BCUT2D eigenvalue weighted by Crippen LogP contribution is 2.34. The highest BCUT2D eigenvalue weighted by molar-refractivity contribution is 6.43. The molecule has 4 heterocycles. The first-order chi connectivity index (χ1) is 15.1. The van der Waals surface area contributed by atoms with Crippen LogP contribution in [0, 0.1) is 0 Å². The molecule has 31 heavy (non-hydrogen) atoms. The van der Waals surface area contributed by atoms with Crippen LogP contribution >= 0.6 is 23.2 Å². The second-order valence-corrected chi connectivity index (χ2v) is 8.33. The van der Waals surface area contributed by atoms with Gasteiger partial charge in [0, 0.05) is 35.9 Å². The summed E-state index contributed by atoms with van der Waals surface area (Å²) in [6.45, 7) is 2.03. The fourth-order valence-electron chi connectivity index (χ4n) is 3.95. The van der Waals surface area contributed by atoms with Crippen molar-refractivity contribution in [1.82, 2.24) is 29.6 Å². The summed E-state index contributed by atoms with van der Waals surface area (Å²) in [7, 11) is 0. The van der Waals surface area contributed by atoms with Crippen molar-refractivity contribution in [3.05, 3.63) is 65.3 Å². The van der Waals surface area contributed by atoms with Crippen molar-refractivity contribution in [2.24, 2.45) is 0 Å². The first kappa shape index (κ1) is 20.1. The van der Waals surface area contributed by atoms with Gasteiger partial charge in [-0.3, -0.25) is 9.25 Å². The molecule has 1 aliphatic rings. The third-order valence-corrected chi connectivity index (χ3v) is 6.42. The van der Waals surface area contributed by atoms with Gasteiger partial charge in [0.1, 0.15) is 11.6 Å². The Kier molecular flexibility index (Phi) is 5.40. The van der Waals surface area contributed by atoms with E-state index in [1.807, 2.05) is 35.2 Å². The maximum Gasteiger partial charge on any atom is 0.148 e. The lowest BCUT2D eigenvalue weighted by molar-refractivity contribution is 0.343. The quantitative estimate of drug-likeness (QED) is 0.470. The number of pyridine rings is 1. The maximum absolute atomic E-state index is 6.44. The number of nitrogens with two attached hydrogens (primary N) is 1. The number of hydrogen-bond donors (Lipinski definition) is 2. The van der Waals surface area contributed by atoms with Crippen LogP contribution in [0.25, 0.3) is 28.2 Å². The maximum atomic E-state index is 6.44. The summed E-state index contributed by atoms with van der Waals surface area (Å²) in [6, 6.07) is 7.89. The van der Waals surface area contributed by atoms with Gasteiger partial charge in [0.15, 0.2) is 0 Å². The molecule has 158 valence electrons. The number of nitrogens with one attached hydrogen (secondary N) is 1. The zero-order valence-corrected chi connectivity index (χ0v) is 18.2. The first-order valence-corrected chi connectivity index (χ1v) is 10.9. The summed E-state index contributed by atoms with van der Waals surface area (Å²) >= 11 is 12.7. The van der Waals surface area contributed by atoms with Crippen molar-refractivity contribution in [1.29, 1.82) is 0 Å². The predicted molar refractivity (Wildman–Crippen MR) is 124 cm³/mol. The van der Waals surface area contributed by atoms with E-state index in [-0.39, 0.29) is 0 Å². The molecule has 1 aliphatic heterocycles. The molecule has 0 amide bonds. The van der Waals surface area contributed by atoms with Crippen LogP contribution < -0.4 is 11.1 Å². The van der Waals surface area contributed by atoms with Gasteiger partial charge in [-0.15, -0.1) is 0 Å². The molecule has 0 radical (unpaired) electrons. The van der Waals surface area contributed by atoms with Crippen molar-refractivity contribution in [3.8, 4) is 28.2 Å². The van der Waals surface area contributed by atoms with Crippen LogP contribution in [0.4, 0.5) is 5.82 Å². The van der Waals surface area contributed by atoms with Crippen molar-refractivity contribution >= 4 is 29.0 Å². The summed E-state index contributed by atoms with van der Waals surface area (Å²) in [5, 5.41) is 8.91. The normalized spacial score (nSPS) is 14.8. The molecule has 0 atom stereocenters. The van der Waals surface area contributed by atoms with Gasteiger partial charge in [-0.2, -0.15) is 5.10 Å². The van der Waals surface area contributed by atoms with Crippen molar-refractivity contribution in [2.75, 3.05) is 18.8 Å². The molecule has 0 spiro atoms. The fourth-order valence-corrected chi connectivity index (χ4v) is 4.33. The minimum Gasteiger partial charge on any atom is -0.383 e. The molecule has 1 fully saturated rings. The molecule has 4 aromatic rings. The Morgan fingerprint density at radius 2 is 1.90 bits per heavy atom. The van der Waals surface area contributed by atoms with E-state index in [0.717, 1.165) is 42.7 Å². The van der Waals surface area contributed by atoms with Crippen LogP contribution in [0.2, 0.25) is 10.0 Å². The Morgan fingerprint density at radius 3 is 2.74 bits per heavy atom. The Hall–Kier alpha value is -2.87. The van der Waals surface area contributed by atoms with Crippen LogP contribution in [-0.2, 0) is 0 Å². The Labute approximate surface area is 189 Å². The van der Waals surface area contributed by atoms with Gasteiger partial charge < -0.3 is 11.1 Å². The average molecular weight is 454 g/mol. The van der Waals surface area contributed by atoms with Crippen LogP contribution in [0.15, 0.2) is 55.2 Å². The van der Waals surface area contributed by atoms with Gasteiger partial charge in [0.05, 0.1) is 33.5 Å². The number of hydrogen-bond acceptors (Lipinski definition) is 5.